The van der Waals surface area contributed by atoms with Gasteiger partial charge in [0.15, 0.2) is 0 Å². The van der Waals surface area contributed by atoms with E-state index < -0.39 is 29.9 Å². The van der Waals surface area contributed by atoms with E-state index >= 15 is 0 Å². The van der Waals surface area contributed by atoms with Crippen molar-refractivity contribution in [2.24, 2.45) is 22.7 Å². The lowest BCUT2D eigenvalue weighted by atomic mass is 9.70. The molecule has 2 aliphatic rings. The lowest BCUT2D eigenvalue weighted by Crippen LogP contribution is -2.57. The van der Waals surface area contributed by atoms with Crippen LogP contribution in [-0.2, 0) is 4.74 Å². The molecule has 0 bridgehead atoms. The number of aliphatic hydroxyl groups is 1. The number of azo groups is 2. The number of cyclic esters (lactones) is 1. The van der Waals surface area contributed by atoms with E-state index in [1.54, 1.807) is 24.3 Å². The Kier molecular flexibility index (Phi) is 7.04. The van der Waals surface area contributed by atoms with Crippen LogP contribution in [0.3, 0.4) is 0 Å². The molecule has 0 spiro atoms. The Morgan fingerprint density at radius 1 is 1.29 bits per heavy atom. The first-order chi connectivity index (χ1) is 14.7. The first kappa shape index (κ1) is 22.9. The fourth-order valence-electron chi connectivity index (χ4n) is 4.43. The van der Waals surface area contributed by atoms with Gasteiger partial charge in [0.1, 0.15) is 5.60 Å². The van der Waals surface area contributed by atoms with Gasteiger partial charge in [-0.05, 0) is 43.7 Å². The molecule has 1 fully saturated rings. The fraction of sp³-hybridized carbons (Fsp3) is 0.591. The maximum Gasteiger partial charge on any atom is 0.538 e. The van der Waals surface area contributed by atoms with Crippen molar-refractivity contribution in [1.29, 1.82) is 0 Å². The van der Waals surface area contributed by atoms with Gasteiger partial charge in [-0.3, -0.25) is 4.79 Å². The molecule has 4 N–H and O–H groups in total. The van der Waals surface area contributed by atoms with Crippen LogP contribution in [0.5, 0.6) is 0 Å². The summed E-state index contributed by atoms with van der Waals surface area (Å²) in [7, 11) is 0. The van der Waals surface area contributed by atoms with E-state index in [0.29, 0.717) is 35.9 Å². The third-order valence-electron chi connectivity index (χ3n) is 6.12. The number of nitrogens with one attached hydrogen (secondary N) is 1. The molecule has 1 aliphatic heterocycles. The van der Waals surface area contributed by atoms with Crippen molar-refractivity contribution in [1.82, 2.24) is 5.32 Å². The van der Waals surface area contributed by atoms with Crippen molar-refractivity contribution in [3.8, 4) is 0 Å². The molecule has 4 atom stereocenters. The molecule has 1 saturated carbocycles. The monoisotopic (exact) mass is 431 g/mol. The van der Waals surface area contributed by atoms with Crippen molar-refractivity contribution in [2.45, 2.75) is 70.2 Å². The number of nitrogens with zero attached hydrogens (tertiary/aromatic N) is 2. The highest BCUT2D eigenvalue weighted by Crippen LogP contribution is 2.41. The van der Waals surface area contributed by atoms with Crippen LogP contribution in [0, 0.1) is 11.8 Å². The van der Waals surface area contributed by atoms with Gasteiger partial charge in [0.05, 0.1) is 0 Å². The van der Waals surface area contributed by atoms with Gasteiger partial charge in [-0.25, -0.2) is 5.73 Å². The van der Waals surface area contributed by atoms with Crippen molar-refractivity contribution in [3.63, 3.8) is 0 Å². The second-order valence-corrected chi connectivity index (χ2v) is 8.76. The molecule has 1 aromatic carbocycles. The van der Waals surface area contributed by atoms with Crippen LogP contribution < -0.4 is 11.1 Å². The smallest absolute Gasteiger partial charge is 0.396 e. The molecule has 2 unspecified atom stereocenters. The lowest BCUT2D eigenvalue weighted by molar-refractivity contribution is -0.394. The van der Waals surface area contributed by atoms with Gasteiger partial charge in [0.2, 0.25) is 0 Å². The molecule has 1 aliphatic carbocycles. The molecule has 168 valence electrons. The number of nitrogens with two attached hydrogens (primary N) is 1. The van der Waals surface area contributed by atoms with Crippen LogP contribution >= 0.6 is 0 Å². The number of carbonyl (C=O) groups excluding carboxylic acids is 3. The highest BCUT2D eigenvalue weighted by Gasteiger charge is 2.55. The molecule has 4 amide bonds. The minimum atomic E-state index is -1.54. The number of amides is 4. The molecule has 0 saturated heterocycles. The van der Waals surface area contributed by atoms with E-state index in [1.165, 1.54) is 0 Å². The predicted molar refractivity (Wildman–Crippen MR) is 111 cm³/mol. The molecule has 1 heterocycles. The summed E-state index contributed by atoms with van der Waals surface area (Å²) < 4.78 is 5.73. The van der Waals surface area contributed by atoms with E-state index in [9.17, 15) is 19.5 Å². The molecule has 1 aromatic rings. The number of imide groups is 1. The fourth-order valence-corrected chi connectivity index (χ4v) is 4.43. The molecule has 3 rings (SSSR count). The average molecular weight is 432 g/mol. The molecular weight excluding hydrogens is 400 g/mol. The molecule has 0 radical (unpaired) electrons. The van der Waals surface area contributed by atoms with Gasteiger partial charge in [-0.15, -0.1) is 0 Å². The van der Waals surface area contributed by atoms with Gasteiger partial charge in [-0.1, -0.05) is 50.0 Å². The second-order valence-electron chi connectivity index (χ2n) is 8.76. The Hall–Kier alpha value is -2.81. The Bertz CT molecular complexity index is 857. The summed E-state index contributed by atoms with van der Waals surface area (Å²) >= 11 is 0. The minimum absolute atomic E-state index is 0.220. The highest BCUT2D eigenvalue weighted by molar-refractivity contribution is 5.94. The molecule has 9 nitrogen and oxygen atoms in total. The maximum absolute atomic E-state index is 12.8. The van der Waals surface area contributed by atoms with E-state index in [-0.39, 0.29) is 17.9 Å². The van der Waals surface area contributed by atoms with Gasteiger partial charge >= 0.3 is 12.1 Å². The number of urea groups is 1. The highest BCUT2D eigenvalue weighted by atomic mass is 16.6. The second kappa shape index (κ2) is 9.55. The first-order valence-corrected chi connectivity index (χ1v) is 10.8. The van der Waals surface area contributed by atoms with Crippen LogP contribution in [-0.4, -0.2) is 45.7 Å². The number of hydrogen-bond acceptors (Lipinski definition) is 6. The molecular formula is C22H31N4O5+. The van der Waals surface area contributed by atoms with Crippen molar-refractivity contribution < 1.29 is 28.9 Å². The Labute approximate surface area is 181 Å². The summed E-state index contributed by atoms with van der Waals surface area (Å²) in [6.07, 6.45) is 1.81. The summed E-state index contributed by atoms with van der Waals surface area (Å²) in [4.78, 5) is 36.4. The van der Waals surface area contributed by atoms with Crippen LogP contribution in [0.4, 0.5) is 9.59 Å². The lowest BCUT2D eigenvalue weighted by Gasteiger charge is -2.44. The molecule has 0 aromatic heterocycles. The van der Waals surface area contributed by atoms with Crippen molar-refractivity contribution in [3.05, 3.63) is 35.9 Å². The van der Waals surface area contributed by atoms with Crippen molar-refractivity contribution in [2.75, 3.05) is 0 Å². The number of hydrogen-bond donors (Lipinski definition) is 3. The minimum Gasteiger partial charge on any atom is -0.396 e. The first-order valence-electron chi connectivity index (χ1n) is 10.8. The van der Waals surface area contributed by atoms with E-state index in [4.69, 9.17) is 10.5 Å². The van der Waals surface area contributed by atoms with E-state index in [2.05, 4.69) is 10.4 Å². The summed E-state index contributed by atoms with van der Waals surface area (Å²) in [5.74, 6) is -0.332. The van der Waals surface area contributed by atoms with Gasteiger partial charge in [0, 0.05) is 22.2 Å². The normalized spacial score (nSPS) is 25.5. The number of carbonyl (C=O) groups is 3. The summed E-state index contributed by atoms with van der Waals surface area (Å²) in [5.41, 5.74) is 4.20. The molecule has 9 heteroatoms. The number of benzene rings is 1. The van der Waals surface area contributed by atoms with Crippen LogP contribution in [0.15, 0.2) is 35.4 Å². The zero-order valence-electron chi connectivity index (χ0n) is 18.0. The summed E-state index contributed by atoms with van der Waals surface area (Å²) in [6, 6.07) is 7.51. The Balaban J connectivity index is 1.89. The Morgan fingerprint density at radius 3 is 2.58 bits per heavy atom. The SMILES string of the molecule is CC(C)CCC(O)(C1N=[N+](C(N)=O)C(=O)O1)[C@@H]1CCCC[C@@H]1NC(=O)c1ccccc1. The maximum atomic E-state index is 12.8. The largest absolute Gasteiger partial charge is 0.538 e. The molecule has 31 heavy (non-hydrogen) atoms. The van der Waals surface area contributed by atoms with Crippen LogP contribution in [0.1, 0.15) is 62.7 Å². The zero-order chi connectivity index (χ0) is 22.6. The standard InChI is InChI=1S/C22H30N4O5/c1-14(2)12-13-22(30,19-25-26(20(23)28)21(29)31-19)16-10-6-7-11-17(16)24-18(27)15-8-4-3-5-9-15/h3-5,8-9,14,16-17,19,30H,6-7,10-13H2,1-2H3,(H2-,23,24,27,28)/p+1/t16-,17+,19?,22?/m1/s1. The third-order valence-corrected chi connectivity index (χ3v) is 6.12. The van der Waals surface area contributed by atoms with E-state index in [1.807, 2.05) is 19.9 Å². The average Bonchev–Trinajstić information content (AvgIpc) is 3.15. The van der Waals surface area contributed by atoms with Gasteiger partial charge < -0.3 is 15.2 Å². The third kappa shape index (κ3) is 5.10. The summed E-state index contributed by atoms with van der Waals surface area (Å²) in [5, 5.41) is 18.9. The van der Waals surface area contributed by atoms with Crippen LogP contribution in [0.25, 0.3) is 0 Å². The Morgan fingerprint density at radius 2 is 1.97 bits per heavy atom. The topological polar surface area (TPSA) is 134 Å². The zero-order valence-corrected chi connectivity index (χ0v) is 18.0. The number of ether oxygens (including phenoxy) is 1. The predicted octanol–water partition coefficient (Wildman–Crippen LogP) is 3.16. The quantitative estimate of drug-likeness (QED) is 0.570. The van der Waals surface area contributed by atoms with Crippen molar-refractivity contribution >= 4 is 18.0 Å². The number of primary amides is 1. The van der Waals surface area contributed by atoms with E-state index in [0.717, 1.165) is 12.8 Å². The van der Waals surface area contributed by atoms with Crippen LogP contribution in [0.2, 0.25) is 0 Å². The summed E-state index contributed by atoms with van der Waals surface area (Å²) in [6.45, 7) is 4.06. The van der Waals surface area contributed by atoms with Gasteiger partial charge in [-0.2, -0.15) is 9.59 Å². The van der Waals surface area contributed by atoms with Gasteiger partial charge in [0.25, 0.3) is 12.1 Å². The number of rotatable bonds is 7.